The van der Waals surface area contributed by atoms with Crippen LogP contribution in [0.5, 0.6) is 0 Å². The van der Waals surface area contributed by atoms with Crippen LogP contribution in [0.4, 0.5) is 0 Å². The summed E-state index contributed by atoms with van der Waals surface area (Å²) in [5.41, 5.74) is 8.25. The van der Waals surface area contributed by atoms with E-state index in [9.17, 15) is 4.79 Å². The maximum absolute atomic E-state index is 12.2. The Morgan fingerprint density at radius 1 is 1.09 bits per heavy atom. The lowest BCUT2D eigenvalue weighted by molar-refractivity contribution is -0.122. The first-order valence-electron chi connectivity index (χ1n) is 7.39. The van der Waals surface area contributed by atoms with Crippen molar-refractivity contribution in [3.8, 4) is 0 Å². The van der Waals surface area contributed by atoms with Crippen molar-refractivity contribution in [1.29, 1.82) is 0 Å². The van der Waals surface area contributed by atoms with Gasteiger partial charge in [0.15, 0.2) is 0 Å². The standard InChI is InChI=1S/C18H21BrN2O/c1-13(11-15-9-5-6-10-16(15)19)21-18(22)17(20)12-14-7-3-2-4-8-14/h2-10,13,17H,11-12,20H2,1H3,(H,21,22)/t13?,17-/m0/s1. The van der Waals surface area contributed by atoms with Gasteiger partial charge in [0.2, 0.25) is 5.91 Å². The highest BCUT2D eigenvalue weighted by atomic mass is 79.9. The zero-order chi connectivity index (χ0) is 15.9. The lowest BCUT2D eigenvalue weighted by atomic mass is 10.0. The van der Waals surface area contributed by atoms with E-state index in [0.717, 1.165) is 16.5 Å². The minimum atomic E-state index is -0.524. The zero-order valence-electron chi connectivity index (χ0n) is 12.6. The molecule has 0 radical (unpaired) electrons. The summed E-state index contributed by atoms with van der Waals surface area (Å²) in [5.74, 6) is -0.108. The summed E-state index contributed by atoms with van der Waals surface area (Å²) in [6, 6.07) is 17.4. The van der Waals surface area contributed by atoms with Gasteiger partial charge in [0, 0.05) is 10.5 Å². The first-order chi connectivity index (χ1) is 10.6. The molecular weight excluding hydrogens is 340 g/mol. The number of benzene rings is 2. The summed E-state index contributed by atoms with van der Waals surface area (Å²) in [6.07, 6.45) is 1.32. The van der Waals surface area contributed by atoms with E-state index in [2.05, 4.69) is 27.3 Å². The van der Waals surface area contributed by atoms with Gasteiger partial charge in [0.25, 0.3) is 0 Å². The Hall–Kier alpha value is -1.65. The SMILES string of the molecule is CC(Cc1ccccc1Br)NC(=O)[C@@H](N)Cc1ccccc1. The molecule has 0 bridgehead atoms. The Kier molecular flexibility index (Phi) is 6.16. The predicted octanol–water partition coefficient (Wildman–Crippen LogP) is 3.07. The second-order valence-electron chi connectivity index (χ2n) is 5.50. The molecule has 0 fully saturated rings. The van der Waals surface area contributed by atoms with Crippen LogP contribution in [0.15, 0.2) is 59.1 Å². The number of carbonyl (C=O) groups excluding carboxylic acids is 1. The van der Waals surface area contributed by atoms with Crippen molar-refractivity contribution in [2.75, 3.05) is 0 Å². The van der Waals surface area contributed by atoms with E-state index < -0.39 is 6.04 Å². The molecule has 2 aromatic carbocycles. The second-order valence-corrected chi connectivity index (χ2v) is 6.36. The first-order valence-corrected chi connectivity index (χ1v) is 8.19. The van der Waals surface area contributed by atoms with Crippen molar-refractivity contribution in [2.24, 2.45) is 5.73 Å². The lowest BCUT2D eigenvalue weighted by Crippen LogP contribution is -2.46. The van der Waals surface area contributed by atoms with Gasteiger partial charge in [-0.1, -0.05) is 64.5 Å². The fourth-order valence-electron chi connectivity index (χ4n) is 2.36. The summed E-state index contributed by atoms with van der Waals surface area (Å²) in [6.45, 7) is 1.99. The van der Waals surface area contributed by atoms with E-state index in [0.29, 0.717) is 6.42 Å². The highest BCUT2D eigenvalue weighted by molar-refractivity contribution is 9.10. The first kappa shape index (κ1) is 16.7. The van der Waals surface area contributed by atoms with E-state index in [1.807, 2.05) is 55.5 Å². The van der Waals surface area contributed by atoms with Crippen molar-refractivity contribution < 1.29 is 4.79 Å². The second kappa shape index (κ2) is 8.11. The molecule has 0 aliphatic rings. The number of hydrogen-bond donors (Lipinski definition) is 2. The number of nitrogens with one attached hydrogen (secondary N) is 1. The fraction of sp³-hybridized carbons (Fsp3) is 0.278. The van der Waals surface area contributed by atoms with Gasteiger partial charge in [-0.15, -0.1) is 0 Å². The third-order valence-electron chi connectivity index (χ3n) is 3.51. The summed E-state index contributed by atoms with van der Waals surface area (Å²) in [7, 11) is 0. The maximum atomic E-state index is 12.2. The molecule has 2 rings (SSSR count). The lowest BCUT2D eigenvalue weighted by Gasteiger charge is -2.18. The molecule has 0 heterocycles. The molecule has 22 heavy (non-hydrogen) atoms. The molecule has 1 unspecified atom stereocenters. The van der Waals surface area contributed by atoms with Crippen LogP contribution in [0.3, 0.4) is 0 Å². The van der Waals surface area contributed by atoms with Crippen LogP contribution in [-0.4, -0.2) is 18.0 Å². The van der Waals surface area contributed by atoms with Gasteiger partial charge in [0.05, 0.1) is 6.04 Å². The van der Waals surface area contributed by atoms with Gasteiger partial charge in [0.1, 0.15) is 0 Å². The average molecular weight is 361 g/mol. The molecule has 0 aliphatic heterocycles. The van der Waals surface area contributed by atoms with Crippen molar-refractivity contribution in [2.45, 2.75) is 31.8 Å². The molecule has 3 N–H and O–H groups in total. The maximum Gasteiger partial charge on any atom is 0.237 e. The van der Waals surface area contributed by atoms with Gasteiger partial charge in [-0.05, 0) is 37.0 Å². The van der Waals surface area contributed by atoms with Crippen molar-refractivity contribution in [1.82, 2.24) is 5.32 Å². The Morgan fingerprint density at radius 3 is 2.41 bits per heavy atom. The molecule has 0 spiro atoms. The number of carbonyl (C=O) groups is 1. The molecular formula is C18H21BrN2O. The van der Waals surface area contributed by atoms with E-state index in [1.165, 1.54) is 5.56 Å². The van der Waals surface area contributed by atoms with Crippen LogP contribution < -0.4 is 11.1 Å². The monoisotopic (exact) mass is 360 g/mol. The largest absolute Gasteiger partial charge is 0.352 e. The number of hydrogen-bond acceptors (Lipinski definition) is 2. The van der Waals surface area contributed by atoms with Crippen molar-refractivity contribution in [3.63, 3.8) is 0 Å². The van der Waals surface area contributed by atoms with Gasteiger partial charge in [-0.25, -0.2) is 0 Å². The summed E-state index contributed by atoms with van der Waals surface area (Å²) in [4.78, 5) is 12.2. The van der Waals surface area contributed by atoms with Crippen molar-refractivity contribution in [3.05, 3.63) is 70.2 Å². The molecule has 4 heteroatoms. The Bertz CT molecular complexity index is 615. The Balaban J connectivity index is 1.87. The Labute approximate surface area is 140 Å². The molecule has 2 atom stereocenters. The summed E-state index contributed by atoms with van der Waals surface area (Å²) >= 11 is 3.53. The van der Waals surface area contributed by atoms with E-state index in [4.69, 9.17) is 5.73 Å². The molecule has 3 nitrogen and oxygen atoms in total. The third-order valence-corrected chi connectivity index (χ3v) is 4.28. The van der Waals surface area contributed by atoms with Gasteiger partial charge in [-0.3, -0.25) is 4.79 Å². The zero-order valence-corrected chi connectivity index (χ0v) is 14.2. The Morgan fingerprint density at radius 2 is 1.73 bits per heavy atom. The fourth-order valence-corrected chi connectivity index (χ4v) is 2.80. The third kappa shape index (κ3) is 4.97. The van der Waals surface area contributed by atoms with Crippen LogP contribution in [0.25, 0.3) is 0 Å². The topological polar surface area (TPSA) is 55.1 Å². The van der Waals surface area contributed by atoms with E-state index in [1.54, 1.807) is 0 Å². The van der Waals surface area contributed by atoms with E-state index >= 15 is 0 Å². The predicted molar refractivity (Wildman–Crippen MR) is 93.6 cm³/mol. The van der Waals surface area contributed by atoms with Crippen LogP contribution in [-0.2, 0) is 17.6 Å². The number of amides is 1. The molecule has 0 saturated carbocycles. The number of nitrogens with two attached hydrogens (primary N) is 1. The summed E-state index contributed by atoms with van der Waals surface area (Å²) in [5, 5.41) is 2.99. The molecule has 2 aromatic rings. The highest BCUT2D eigenvalue weighted by Crippen LogP contribution is 2.17. The average Bonchev–Trinajstić information content (AvgIpc) is 2.50. The van der Waals surface area contributed by atoms with Gasteiger partial charge in [-0.2, -0.15) is 0 Å². The van der Waals surface area contributed by atoms with Crippen LogP contribution >= 0.6 is 15.9 Å². The highest BCUT2D eigenvalue weighted by Gasteiger charge is 2.16. The smallest absolute Gasteiger partial charge is 0.237 e. The molecule has 0 aromatic heterocycles. The number of rotatable bonds is 6. The van der Waals surface area contributed by atoms with Crippen LogP contribution in [0, 0.1) is 0 Å². The molecule has 0 aliphatic carbocycles. The quantitative estimate of drug-likeness (QED) is 0.831. The molecule has 0 saturated heterocycles. The van der Waals surface area contributed by atoms with Gasteiger partial charge < -0.3 is 11.1 Å². The van der Waals surface area contributed by atoms with Crippen molar-refractivity contribution >= 4 is 21.8 Å². The summed E-state index contributed by atoms with van der Waals surface area (Å²) < 4.78 is 1.06. The molecule has 116 valence electrons. The minimum absolute atomic E-state index is 0.0352. The normalized spacial score (nSPS) is 13.4. The van der Waals surface area contributed by atoms with Gasteiger partial charge >= 0.3 is 0 Å². The van der Waals surface area contributed by atoms with E-state index in [-0.39, 0.29) is 11.9 Å². The van der Waals surface area contributed by atoms with Crippen LogP contribution in [0.2, 0.25) is 0 Å². The number of halogens is 1. The van der Waals surface area contributed by atoms with Crippen LogP contribution in [0.1, 0.15) is 18.1 Å². The molecule has 1 amide bonds. The minimum Gasteiger partial charge on any atom is -0.352 e.